The van der Waals surface area contributed by atoms with Gasteiger partial charge in [0.15, 0.2) is 0 Å². The van der Waals surface area contributed by atoms with Crippen molar-refractivity contribution in [1.29, 1.82) is 0 Å². The van der Waals surface area contributed by atoms with E-state index in [0.717, 1.165) is 12.2 Å². The Morgan fingerprint density at radius 2 is 1.92 bits per heavy atom. The van der Waals surface area contributed by atoms with Gasteiger partial charge in [0.25, 0.3) is 0 Å². The predicted molar refractivity (Wildman–Crippen MR) is 50.7 cm³/mol. The molecule has 0 aliphatic heterocycles. The zero-order valence-electron chi connectivity index (χ0n) is 8.39. The van der Waals surface area contributed by atoms with Crippen molar-refractivity contribution >= 4 is 0 Å². The van der Waals surface area contributed by atoms with E-state index in [2.05, 4.69) is 20.4 Å². The fourth-order valence-electron chi connectivity index (χ4n) is 0.842. The maximum atomic E-state index is 5.15. The zero-order chi connectivity index (χ0) is 9.56. The van der Waals surface area contributed by atoms with Crippen LogP contribution in [0.1, 0.15) is 20.3 Å². The Hall–Kier alpha value is -0.920. The minimum absolute atomic E-state index is 0.584. The van der Waals surface area contributed by atoms with Gasteiger partial charge in [-0.25, -0.2) is 0 Å². The van der Waals surface area contributed by atoms with E-state index in [4.69, 9.17) is 9.47 Å². The number of ether oxygens (including phenoxy) is 2. The first kappa shape index (κ1) is 11.1. The van der Waals surface area contributed by atoms with Crippen molar-refractivity contribution in [2.45, 2.75) is 20.3 Å². The third-order valence-electron chi connectivity index (χ3n) is 1.46. The molecule has 0 saturated carbocycles. The summed E-state index contributed by atoms with van der Waals surface area (Å²) < 4.78 is 10.1. The molecule has 0 radical (unpaired) electrons. The van der Waals surface area contributed by atoms with E-state index >= 15 is 0 Å². The van der Waals surface area contributed by atoms with Crippen LogP contribution >= 0.6 is 0 Å². The molecule has 2 nitrogen and oxygen atoms in total. The third-order valence-corrected chi connectivity index (χ3v) is 1.46. The first-order valence-electron chi connectivity index (χ1n) is 4.07. The van der Waals surface area contributed by atoms with Crippen molar-refractivity contribution < 1.29 is 9.47 Å². The highest BCUT2D eigenvalue weighted by molar-refractivity contribution is 5.11. The molecule has 2 heteroatoms. The molecule has 0 unspecified atom stereocenters. The van der Waals surface area contributed by atoms with Crippen LogP contribution in [0.4, 0.5) is 0 Å². The second-order valence-corrected chi connectivity index (χ2v) is 3.08. The minimum atomic E-state index is 0.584. The van der Waals surface area contributed by atoms with E-state index in [1.165, 1.54) is 0 Å². The SMILES string of the molecule is C=C(C=C(CC(C)C)OC)OC. The Balaban J connectivity index is 4.13. The van der Waals surface area contributed by atoms with Gasteiger partial charge in [0.1, 0.15) is 5.76 Å². The Labute approximate surface area is 74.9 Å². The van der Waals surface area contributed by atoms with Crippen LogP contribution in [0.5, 0.6) is 0 Å². The first-order valence-corrected chi connectivity index (χ1v) is 4.07. The highest BCUT2D eigenvalue weighted by atomic mass is 16.5. The lowest BCUT2D eigenvalue weighted by molar-refractivity contribution is 0.256. The van der Waals surface area contributed by atoms with Crippen LogP contribution < -0.4 is 0 Å². The molecule has 0 atom stereocenters. The lowest BCUT2D eigenvalue weighted by Gasteiger charge is -2.09. The Bertz CT molecular complexity index is 169. The fraction of sp³-hybridized carbons (Fsp3) is 0.600. The number of hydrogen-bond acceptors (Lipinski definition) is 2. The van der Waals surface area contributed by atoms with E-state index in [0.29, 0.717) is 11.7 Å². The summed E-state index contributed by atoms with van der Waals surface area (Å²) in [6.07, 6.45) is 2.74. The summed E-state index contributed by atoms with van der Waals surface area (Å²) in [5.41, 5.74) is 0. The normalized spacial score (nSPS) is 11.6. The first-order chi connectivity index (χ1) is 5.60. The minimum Gasteiger partial charge on any atom is -0.501 e. The van der Waals surface area contributed by atoms with Crippen molar-refractivity contribution in [3.63, 3.8) is 0 Å². The molecule has 70 valence electrons. The summed E-state index contributed by atoms with van der Waals surface area (Å²) in [4.78, 5) is 0. The van der Waals surface area contributed by atoms with Gasteiger partial charge in [0, 0.05) is 12.5 Å². The summed E-state index contributed by atoms with van der Waals surface area (Å²) in [6.45, 7) is 7.97. The number of methoxy groups -OCH3 is 2. The molecule has 0 aromatic heterocycles. The lowest BCUT2D eigenvalue weighted by atomic mass is 10.1. The smallest absolute Gasteiger partial charge is 0.115 e. The number of hydrogen-bond donors (Lipinski definition) is 0. The summed E-state index contributed by atoms with van der Waals surface area (Å²) in [5, 5.41) is 0. The molecule has 0 aromatic carbocycles. The second kappa shape index (κ2) is 5.70. The van der Waals surface area contributed by atoms with Crippen LogP contribution in [0.25, 0.3) is 0 Å². The topological polar surface area (TPSA) is 18.5 Å². The summed E-state index contributed by atoms with van der Waals surface area (Å²) in [6, 6.07) is 0. The standard InChI is InChI=1S/C10H18O2/c1-8(2)6-10(12-5)7-9(3)11-4/h7-8H,3,6H2,1-2,4-5H3. The van der Waals surface area contributed by atoms with Gasteiger partial charge >= 0.3 is 0 Å². The van der Waals surface area contributed by atoms with E-state index in [1.807, 2.05) is 6.08 Å². The zero-order valence-corrected chi connectivity index (χ0v) is 8.39. The molecule has 0 rings (SSSR count). The van der Waals surface area contributed by atoms with Gasteiger partial charge in [-0.1, -0.05) is 20.4 Å². The van der Waals surface area contributed by atoms with Crippen LogP contribution in [0, 0.1) is 5.92 Å². The second-order valence-electron chi connectivity index (χ2n) is 3.08. The summed E-state index contributed by atoms with van der Waals surface area (Å²) >= 11 is 0. The van der Waals surface area contributed by atoms with E-state index in [-0.39, 0.29) is 0 Å². The van der Waals surface area contributed by atoms with Crippen molar-refractivity contribution in [2.24, 2.45) is 5.92 Å². The average molecular weight is 170 g/mol. The number of rotatable bonds is 5. The van der Waals surface area contributed by atoms with E-state index in [9.17, 15) is 0 Å². The van der Waals surface area contributed by atoms with Gasteiger partial charge in [0.2, 0.25) is 0 Å². The molecule has 0 fully saturated rings. The molecule has 0 saturated heterocycles. The van der Waals surface area contributed by atoms with Gasteiger partial charge in [-0.15, -0.1) is 0 Å². The van der Waals surface area contributed by atoms with Crippen LogP contribution in [-0.4, -0.2) is 14.2 Å². The molecule has 0 aromatic rings. The molecule has 0 spiro atoms. The Morgan fingerprint density at radius 3 is 2.25 bits per heavy atom. The quantitative estimate of drug-likeness (QED) is 0.466. The molecular formula is C10H18O2. The highest BCUT2D eigenvalue weighted by Gasteiger charge is 2.01. The van der Waals surface area contributed by atoms with E-state index < -0.39 is 0 Å². The highest BCUT2D eigenvalue weighted by Crippen LogP contribution is 2.13. The van der Waals surface area contributed by atoms with Crippen LogP contribution in [0.2, 0.25) is 0 Å². The molecule has 0 aliphatic carbocycles. The monoisotopic (exact) mass is 170 g/mol. The maximum Gasteiger partial charge on any atom is 0.115 e. The van der Waals surface area contributed by atoms with Gasteiger partial charge < -0.3 is 9.47 Å². The molecule has 0 N–H and O–H groups in total. The Morgan fingerprint density at radius 1 is 1.33 bits per heavy atom. The molecule has 0 bridgehead atoms. The van der Waals surface area contributed by atoms with E-state index in [1.54, 1.807) is 14.2 Å². The van der Waals surface area contributed by atoms with Gasteiger partial charge in [-0.2, -0.15) is 0 Å². The number of allylic oxidation sites excluding steroid dienone is 2. The van der Waals surface area contributed by atoms with Gasteiger partial charge in [-0.05, 0) is 5.92 Å². The van der Waals surface area contributed by atoms with Crippen molar-refractivity contribution in [1.82, 2.24) is 0 Å². The van der Waals surface area contributed by atoms with Crippen LogP contribution in [-0.2, 0) is 9.47 Å². The third kappa shape index (κ3) is 4.83. The predicted octanol–water partition coefficient (Wildman–Crippen LogP) is 2.72. The van der Waals surface area contributed by atoms with Gasteiger partial charge in [-0.3, -0.25) is 0 Å². The average Bonchev–Trinajstić information content (AvgIpc) is 2.02. The lowest BCUT2D eigenvalue weighted by Crippen LogP contribution is -1.95. The van der Waals surface area contributed by atoms with Crippen molar-refractivity contribution in [3.8, 4) is 0 Å². The van der Waals surface area contributed by atoms with Crippen LogP contribution in [0.3, 0.4) is 0 Å². The molecular weight excluding hydrogens is 152 g/mol. The fourth-order valence-corrected chi connectivity index (χ4v) is 0.842. The van der Waals surface area contributed by atoms with Gasteiger partial charge in [0.05, 0.1) is 20.0 Å². The molecule has 0 amide bonds. The van der Waals surface area contributed by atoms with Crippen molar-refractivity contribution in [3.05, 3.63) is 24.2 Å². The largest absolute Gasteiger partial charge is 0.501 e. The summed E-state index contributed by atoms with van der Waals surface area (Å²) in [7, 11) is 3.26. The molecule has 12 heavy (non-hydrogen) atoms. The maximum absolute atomic E-state index is 5.15. The molecule has 0 heterocycles. The molecule has 0 aliphatic rings. The summed E-state index contributed by atoms with van der Waals surface area (Å²) in [5.74, 6) is 2.13. The van der Waals surface area contributed by atoms with Crippen molar-refractivity contribution in [2.75, 3.05) is 14.2 Å². The van der Waals surface area contributed by atoms with Crippen LogP contribution in [0.15, 0.2) is 24.2 Å². The Kier molecular flexibility index (Phi) is 5.26.